The van der Waals surface area contributed by atoms with E-state index in [0.29, 0.717) is 17.0 Å². The van der Waals surface area contributed by atoms with Gasteiger partial charge in [-0.15, -0.1) is 0 Å². The fraction of sp³-hybridized carbons (Fsp3) is 0.963. The normalized spacial score (nSPS) is 12.8. The molecule has 1 unspecified atom stereocenters. The van der Waals surface area contributed by atoms with E-state index in [1.165, 1.54) is 89.9 Å². The van der Waals surface area contributed by atoms with Gasteiger partial charge in [-0.3, -0.25) is 0 Å². The van der Waals surface area contributed by atoms with Gasteiger partial charge in [0.2, 0.25) is 0 Å². The number of hydrogen-bond donors (Lipinski definition) is 0. The number of rotatable bonds is 21. The minimum Gasteiger partial charge on any atom is -0.420 e. The lowest BCUT2D eigenvalue weighted by Crippen LogP contribution is -2.56. The summed E-state index contributed by atoms with van der Waals surface area (Å²) in [7, 11) is 0. The first kappa shape index (κ1) is 29.4. The molecule has 0 aliphatic heterocycles. The van der Waals surface area contributed by atoms with Gasteiger partial charge in [-0.1, -0.05) is 91.9 Å². The van der Waals surface area contributed by atoms with E-state index in [1.807, 2.05) is 6.92 Å². The van der Waals surface area contributed by atoms with Gasteiger partial charge in [0.15, 0.2) is 0 Å². The molecule has 0 aliphatic carbocycles. The molecule has 1 atom stereocenters. The van der Waals surface area contributed by atoms with E-state index in [-0.39, 0.29) is 6.09 Å². The number of quaternary nitrogens is 1. The topological polar surface area (TPSA) is 26.3 Å². The number of carbonyl (C=O) groups excluding carboxylic acids is 1. The highest BCUT2D eigenvalue weighted by molar-refractivity contribution is 5.59. The highest BCUT2D eigenvalue weighted by Crippen LogP contribution is 2.24. The Morgan fingerprint density at radius 2 is 1.13 bits per heavy atom. The molecule has 0 fully saturated rings. The van der Waals surface area contributed by atoms with Crippen molar-refractivity contribution < 1.29 is 14.0 Å². The molecule has 0 aromatic heterocycles. The molecule has 0 heterocycles. The first-order valence-corrected chi connectivity index (χ1v) is 13.6. The molecular formula is C27H56NO2+. The zero-order valence-corrected chi connectivity index (χ0v) is 21.5. The van der Waals surface area contributed by atoms with Crippen LogP contribution in [0.25, 0.3) is 0 Å². The van der Waals surface area contributed by atoms with Gasteiger partial charge in [0.1, 0.15) is 0 Å². The molecule has 0 spiro atoms. The van der Waals surface area contributed by atoms with E-state index < -0.39 is 0 Å². The Hall–Kier alpha value is -0.570. The third kappa shape index (κ3) is 13.7. The van der Waals surface area contributed by atoms with Crippen LogP contribution >= 0.6 is 0 Å². The molecule has 0 saturated carbocycles. The van der Waals surface area contributed by atoms with Crippen LogP contribution in [0, 0.1) is 5.92 Å². The van der Waals surface area contributed by atoms with Crippen LogP contribution in [0.15, 0.2) is 0 Å². The molecule has 3 nitrogen and oxygen atoms in total. The smallest absolute Gasteiger partial charge is 0.420 e. The van der Waals surface area contributed by atoms with Crippen LogP contribution in [0.2, 0.25) is 0 Å². The average Bonchev–Trinajstić information content (AvgIpc) is 2.75. The number of nitrogens with zero attached hydrogens (tertiary/aromatic N) is 1. The monoisotopic (exact) mass is 426 g/mol. The summed E-state index contributed by atoms with van der Waals surface area (Å²) >= 11 is 0. The molecule has 0 rings (SSSR count). The minimum atomic E-state index is 0.0505. The van der Waals surface area contributed by atoms with Crippen LogP contribution in [-0.4, -0.2) is 36.8 Å². The maximum Gasteiger partial charge on any atom is 0.516 e. The summed E-state index contributed by atoms with van der Waals surface area (Å²) in [5.41, 5.74) is 0. The van der Waals surface area contributed by atoms with Crippen molar-refractivity contribution in [3.05, 3.63) is 0 Å². The minimum absolute atomic E-state index is 0.0505. The zero-order chi connectivity index (χ0) is 22.5. The maximum atomic E-state index is 13.3. The van der Waals surface area contributed by atoms with Crippen molar-refractivity contribution in [3.8, 4) is 0 Å². The summed E-state index contributed by atoms with van der Waals surface area (Å²) in [5, 5.41) is 0. The van der Waals surface area contributed by atoms with Crippen molar-refractivity contribution in [2.24, 2.45) is 5.92 Å². The lowest BCUT2D eigenvalue weighted by atomic mass is 9.96. The number of unbranched alkanes of at least 4 members (excludes halogenated alkanes) is 11. The van der Waals surface area contributed by atoms with E-state index in [9.17, 15) is 4.79 Å². The van der Waals surface area contributed by atoms with Crippen LogP contribution in [0.1, 0.15) is 137 Å². The molecule has 0 bridgehead atoms. The van der Waals surface area contributed by atoms with Gasteiger partial charge in [0.25, 0.3) is 0 Å². The second-order valence-corrected chi connectivity index (χ2v) is 9.43. The number of hydrogen-bond acceptors (Lipinski definition) is 2. The molecule has 0 aliphatic rings. The number of carbonyl (C=O) groups is 1. The highest BCUT2D eigenvalue weighted by Gasteiger charge is 2.39. The lowest BCUT2D eigenvalue weighted by molar-refractivity contribution is -0.862. The Balaban J connectivity index is 5.11. The summed E-state index contributed by atoms with van der Waals surface area (Å²) in [6.07, 6.45) is 20.3. The Morgan fingerprint density at radius 3 is 1.57 bits per heavy atom. The fourth-order valence-electron chi connectivity index (χ4n) is 4.61. The SMILES string of the molecule is CCCCCCCC[N+](CCCCCCCC)(CC(CC)CCCC)C(=O)OCC. The summed E-state index contributed by atoms with van der Waals surface area (Å²) in [6, 6.07) is 0. The summed E-state index contributed by atoms with van der Waals surface area (Å²) < 4.78 is 6.26. The molecule has 180 valence electrons. The Labute approximate surface area is 189 Å². The third-order valence-corrected chi connectivity index (χ3v) is 6.69. The molecule has 0 N–H and O–H groups in total. The van der Waals surface area contributed by atoms with Crippen LogP contribution in [0.4, 0.5) is 4.79 Å². The van der Waals surface area contributed by atoms with Crippen molar-refractivity contribution in [2.45, 2.75) is 137 Å². The van der Waals surface area contributed by atoms with Gasteiger partial charge in [0.05, 0.1) is 26.2 Å². The second kappa shape index (κ2) is 20.3. The van der Waals surface area contributed by atoms with E-state index in [4.69, 9.17) is 4.74 Å². The van der Waals surface area contributed by atoms with Crippen LogP contribution < -0.4 is 0 Å². The second-order valence-electron chi connectivity index (χ2n) is 9.43. The molecule has 0 saturated heterocycles. The first-order valence-electron chi connectivity index (χ1n) is 13.6. The standard InChI is InChI=1S/C27H56NO2/c1-6-11-14-16-18-20-23-28(27(29)30-10-5,24-21-19-17-15-12-7-2)25-26(9-4)22-13-8-3/h26H,6-25H2,1-5H3/q+1. The third-order valence-electron chi connectivity index (χ3n) is 6.69. The van der Waals surface area contributed by atoms with Crippen molar-refractivity contribution >= 4 is 6.09 Å². The molecule has 3 heteroatoms. The van der Waals surface area contributed by atoms with Gasteiger partial charge in [-0.25, -0.2) is 4.48 Å². The average molecular weight is 427 g/mol. The van der Waals surface area contributed by atoms with E-state index in [2.05, 4.69) is 27.7 Å². The number of amides is 1. The first-order chi connectivity index (χ1) is 14.6. The molecular weight excluding hydrogens is 370 g/mol. The Morgan fingerprint density at radius 1 is 0.667 bits per heavy atom. The summed E-state index contributed by atoms with van der Waals surface area (Å²) in [6.45, 7) is 14.5. The van der Waals surface area contributed by atoms with Crippen LogP contribution in [0.3, 0.4) is 0 Å². The lowest BCUT2D eigenvalue weighted by Gasteiger charge is -2.37. The van der Waals surface area contributed by atoms with Gasteiger partial charge >= 0.3 is 6.09 Å². The zero-order valence-electron chi connectivity index (χ0n) is 21.5. The highest BCUT2D eigenvalue weighted by atomic mass is 16.6. The molecule has 0 radical (unpaired) electrons. The molecule has 1 amide bonds. The summed E-state index contributed by atoms with van der Waals surface area (Å²) in [4.78, 5) is 13.3. The van der Waals surface area contributed by atoms with Crippen LogP contribution in [0.5, 0.6) is 0 Å². The van der Waals surface area contributed by atoms with Gasteiger partial charge in [0, 0.05) is 5.92 Å². The predicted octanol–water partition coefficient (Wildman–Crippen LogP) is 8.90. The number of ether oxygens (including phenoxy) is 1. The van der Waals surface area contributed by atoms with Crippen LogP contribution in [-0.2, 0) is 4.74 Å². The van der Waals surface area contributed by atoms with E-state index in [0.717, 1.165) is 32.5 Å². The van der Waals surface area contributed by atoms with Gasteiger partial charge < -0.3 is 4.74 Å². The van der Waals surface area contributed by atoms with Crippen molar-refractivity contribution in [3.63, 3.8) is 0 Å². The fourth-order valence-corrected chi connectivity index (χ4v) is 4.61. The Bertz CT molecular complexity index is 367. The van der Waals surface area contributed by atoms with Crippen molar-refractivity contribution in [2.75, 3.05) is 26.2 Å². The largest absolute Gasteiger partial charge is 0.516 e. The maximum absolute atomic E-state index is 13.3. The quantitative estimate of drug-likeness (QED) is 0.135. The van der Waals surface area contributed by atoms with E-state index in [1.54, 1.807) is 0 Å². The Kier molecular flexibility index (Phi) is 20.0. The van der Waals surface area contributed by atoms with E-state index >= 15 is 0 Å². The molecule has 0 aromatic rings. The molecule has 0 aromatic carbocycles. The van der Waals surface area contributed by atoms with Gasteiger partial charge in [-0.05, 0) is 45.4 Å². The van der Waals surface area contributed by atoms with Crippen molar-refractivity contribution in [1.82, 2.24) is 0 Å². The predicted molar refractivity (Wildman–Crippen MR) is 132 cm³/mol. The van der Waals surface area contributed by atoms with Gasteiger partial charge in [-0.2, -0.15) is 4.79 Å². The summed E-state index contributed by atoms with van der Waals surface area (Å²) in [5.74, 6) is 0.634. The molecule has 30 heavy (non-hydrogen) atoms. The van der Waals surface area contributed by atoms with Crippen molar-refractivity contribution in [1.29, 1.82) is 0 Å².